The molecule has 0 spiro atoms. The molecular formula is C22H26FNO4S. The summed E-state index contributed by atoms with van der Waals surface area (Å²) in [7, 11) is -3.18. The van der Waals surface area contributed by atoms with Gasteiger partial charge in [-0.25, -0.2) is 12.8 Å². The molecule has 1 aliphatic rings. The van der Waals surface area contributed by atoms with Gasteiger partial charge in [0.25, 0.3) is 5.91 Å². The molecule has 0 radical (unpaired) electrons. The molecule has 1 aliphatic heterocycles. The quantitative estimate of drug-likeness (QED) is 0.690. The molecule has 1 saturated heterocycles. The zero-order valence-electron chi connectivity index (χ0n) is 16.7. The van der Waals surface area contributed by atoms with Crippen LogP contribution in [0.3, 0.4) is 0 Å². The molecule has 1 heterocycles. The molecule has 0 N–H and O–H groups in total. The van der Waals surface area contributed by atoms with Gasteiger partial charge in [-0.15, -0.1) is 0 Å². The van der Waals surface area contributed by atoms with Gasteiger partial charge in [0.2, 0.25) is 0 Å². The number of hydrogen-bond donors (Lipinski definition) is 0. The maximum Gasteiger partial charge on any atom is 0.263 e. The maximum atomic E-state index is 13.6. The standard InChI is InChI=1S/C22H26FNO4S/c1-3-17-7-9-21(10-8-17)28-16(2)22(25)24(20-11-12-29(26,27)15-20)14-18-5-4-6-19(23)13-18/h4-10,13,16,20H,3,11-12,14-15H2,1-2H3. The van der Waals surface area contributed by atoms with Gasteiger partial charge in [-0.1, -0.05) is 31.2 Å². The van der Waals surface area contributed by atoms with Crippen LogP contribution in [0.5, 0.6) is 5.75 Å². The summed E-state index contributed by atoms with van der Waals surface area (Å²) in [5.74, 6) is -0.150. The lowest BCUT2D eigenvalue weighted by atomic mass is 10.1. The topological polar surface area (TPSA) is 63.7 Å². The lowest BCUT2D eigenvalue weighted by Crippen LogP contribution is -2.46. The first-order chi connectivity index (χ1) is 13.8. The van der Waals surface area contributed by atoms with Crippen LogP contribution in [0.4, 0.5) is 4.39 Å². The van der Waals surface area contributed by atoms with Crippen LogP contribution in [0.1, 0.15) is 31.4 Å². The van der Waals surface area contributed by atoms with E-state index in [0.717, 1.165) is 6.42 Å². The van der Waals surface area contributed by atoms with Gasteiger partial charge in [-0.05, 0) is 55.2 Å². The van der Waals surface area contributed by atoms with E-state index in [1.807, 2.05) is 24.3 Å². The number of carbonyl (C=O) groups is 1. The van der Waals surface area contributed by atoms with E-state index in [1.165, 1.54) is 22.6 Å². The second-order valence-electron chi connectivity index (χ2n) is 7.41. The monoisotopic (exact) mass is 419 g/mol. The van der Waals surface area contributed by atoms with Crippen molar-refractivity contribution < 1.29 is 22.3 Å². The van der Waals surface area contributed by atoms with Crippen molar-refractivity contribution in [1.29, 1.82) is 0 Å². The van der Waals surface area contributed by atoms with Crippen LogP contribution in [0, 0.1) is 5.82 Å². The number of carbonyl (C=O) groups excluding carboxylic acids is 1. The molecule has 2 unspecified atom stereocenters. The molecule has 0 aliphatic carbocycles. The number of benzene rings is 2. The van der Waals surface area contributed by atoms with Crippen LogP contribution < -0.4 is 4.74 Å². The van der Waals surface area contributed by atoms with Crippen molar-refractivity contribution in [3.8, 4) is 5.75 Å². The molecule has 0 bridgehead atoms. The van der Waals surface area contributed by atoms with Crippen LogP contribution in [0.25, 0.3) is 0 Å². The van der Waals surface area contributed by atoms with E-state index in [0.29, 0.717) is 17.7 Å². The number of aryl methyl sites for hydroxylation is 1. The van der Waals surface area contributed by atoms with Gasteiger partial charge >= 0.3 is 0 Å². The second-order valence-corrected chi connectivity index (χ2v) is 9.64. The Morgan fingerprint density at radius 2 is 1.93 bits per heavy atom. The Morgan fingerprint density at radius 3 is 2.52 bits per heavy atom. The summed E-state index contributed by atoms with van der Waals surface area (Å²) in [4.78, 5) is 14.7. The van der Waals surface area contributed by atoms with Gasteiger partial charge in [0, 0.05) is 12.6 Å². The highest BCUT2D eigenvalue weighted by molar-refractivity contribution is 7.91. The van der Waals surface area contributed by atoms with E-state index in [-0.39, 0.29) is 24.0 Å². The normalized spacial score (nSPS) is 18.9. The molecule has 7 heteroatoms. The van der Waals surface area contributed by atoms with Crippen molar-refractivity contribution >= 4 is 15.7 Å². The fourth-order valence-corrected chi connectivity index (χ4v) is 5.26. The first kappa shape index (κ1) is 21.3. The highest BCUT2D eigenvalue weighted by Crippen LogP contribution is 2.23. The van der Waals surface area contributed by atoms with Crippen molar-refractivity contribution in [3.05, 3.63) is 65.5 Å². The van der Waals surface area contributed by atoms with E-state index < -0.39 is 27.8 Å². The maximum absolute atomic E-state index is 13.6. The Balaban J connectivity index is 1.78. The number of sulfone groups is 1. The number of rotatable bonds is 7. The number of halogens is 1. The minimum Gasteiger partial charge on any atom is -0.481 e. The molecule has 2 atom stereocenters. The van der Waals surface area contributed by atoms with E-state index >= 15 is 0 Å². The molecule has 0 saturated carbocycles. The summed E-state index contributed by atoms with van der Waals surface area (Å²) >= 11 is 0. The molecule has 2 aromatic carbocycles. The zero-order chi connectivity index (χ0) is 21.0. The first-order valence-electron chi connectivity index (χ1n) is 9.78. The highest BCUT2D eigenvalue weighted by atomic mass is 32.2. The van der Waals surface area contributed by atoms with Crippen molar-refractivity contribution in [2.24, 2.45) is 0 Å². The molecule has 1 fully saturated rings. The van der Waals surface area contributed by atoms with Gasteiger partial charge in [-0.3, -0.25) is 4.79 Å². The van der Waals surface area contributed by atoms with Crippen LogP contribution in [-0.2, 0) is 27.6 Å². The average Bonchev–Trinajstić information content (AvgIpc) is 3.05. The fourth-order valence-electron chi connectivity index (χ4n) is 3.53. The van der Waals surface area contributed by atoms with Crippen molar-refractivity contribution in [3.63, 3.8) is 0 Å². The highest BCUT2D eigenvalue weighted by Gasteiger charge is 2.36. The minimum absolute atomic E-state index is 0.0539. The fraction of sp³-hybridized carbons (Fsp3) is 0.409. The molecule has 1 amide bonds. The lowest BCUT2D eigenvalue weighted by molar-refractivity contribution is -0.140. The molecule has 2 aromatic rings. The Morgan fingerprint density at radius 1 is 1.21 bits per heavy atom. The van der Waals surface area contributed by atoms with Crippen LogP contribution >= 0.6 is 0 Å². The third-order valence-electron chi connectivity index (χ3n) is 5.17. The summed E-state index contributed by atoms with van der Waals surface area (Å²) in [6.07, 6.45) is 0.493. The minimum atomic E-state index is -3.18. The average molecular weight is 420 g/mol. The van der Waals surface area contributed by atoms with Crippen molar-refractivity contribution in [2.75, 3.05) is 11.5 Å². The summed E-state index contributed by atoms with van der Waals surface area (Å²) in [6.45, 7) is 3.85. The summed E-state index contributed by atoms with van der Waals surface area (Å²) in [5, 5.41) is 0. The Hall–Kier alpha value is -2.41. The van der Waals surface area contributed by atoms with E-state index in [9.17, 15) is 17.6 Å². The Kier molecular flexibility index (Phi) is 6.57. The van der Waals surface area contributed by atoms with Gasteiger partial charge in [0.15, 0.2) is 15.9 Å². The molecule has 0 aromatic heterocycles. The molecule has 5 nitrogen and oxygen atoms in total. The van der Waals surface area contributed by atoms with Gasteiger partial charge in [0.05, 0.1) is 11.5 Å². The van der Waals surface area contributed by atoms with Crippen LogP contribution in [-0.4, -0.2) is 42.9 Å². The SMILES string of the molecule is CCc1ccc(OC(C)C(=O)N(Cc2cccc(F)c2)C2CCS(=O)(=O)C2)cc1. The van der Waals surface area contributed by atoms with E-state index in [2.05, 4.69) is 6.92 Å². The predicted octanol–water partition coefficient (Wildman–Crippen LogP) is 3.37. The third kappa shape index (κ3) is 5.56. The predicted molar refractivity (Wildman–Crippen MR) is 110 cm³/mol. The number of amides is 1. The van der Waals surface area contributed by atoms with E-state index in [1.54, 1.807) is 19.1 Å². The molecule has 156 valence electrons. The smallest absolute Gasteiger partial charge is 0.263 e. The van der Waals surface area contributed by atoms with Crippen molar-refractivity contribution in [2.45, 2.75) is 45.4 Å². The van der Waals surface area contributed by atoms with Crippen LogP contribution in [0.2, 0.25) is 0 Å². The molecule has 3 rings (SSSR count). The lowest BCUT2D eigenvalue weighted by Gasteiger charge is -2.31. The van der Waals surface area contributed by atoms with Gasteiger partial charge in [0.1, 0.15) is 11.6 Å². The number of hydrogen-bond acceptors (Lipinski definition) is 4. The summed E-state index contributed by atoms with van der Waals surface area (Å²) in [6, 6.07) is 13.1. The summed E-state index contributed by atoms with van der Waals surface area (Å²) in [5.41, 5.74) is 1.78. The molecular weight excluding hydrogens is 393 g/mol. The largest absolute Gasteiger partial charge is 0.481 e. The van der Waals surface area contributed by atoms with Crippen molar-refractivity contribution in [1.82, 2.24) is 4.90 Å². The molecule has 29 heavy (non-hydrogen) atoms. The Labute approximate surface area is 171 Å². The number of ether oxygens (including phenoxy) is 1. The first-order valence-corrected chi connectivity index (χ1v) is 11.6. The summed E-state index contributed by atoms with van der Waals surface area (Å²) < 4.78 is 43.4. The second kappa shape index (κ2) is 8.95. The van der Waals surface area contributed by atoms with Gasteiger partial charge < -0.3 is 9.64 Å². The van der Waals surface area contributed by atoms with E-state index in [4.69, 9.17) is 4.74 Å². The zero-order valence-corrected chi connectivity index (χ0v) is 17.5. The van der Waals surface area contributed by atoms with Crippen LogP contribution in [0.15, 0.2) is 48.5 Å². The Bertz CT molecular complexity index is 959. The van der Waals surface area contributed by atoms with Gasteiger partial charge in [-0.2, -0.15) is 0 Å². The number of nitrogens with zero attached hydrogens (tertiary/aromatic N) is 1. The third-order valence-corrected chi connectivity index (χ3v) is 6.92.